The Kier molecular flexibility index (Phi) is 1.92. The number of phenols is 1. The van der Waals surface area contributed by atoms with Crippen molar-refractivity contribution in [2.24, 2.45) is 5.90 Å². The predicted molar refractivity (Wildman–Crippen MR) is 46.9 cm³/mol. The van der Waals surface area contributed by atoms with Crippen molar-refractivity contribution < 1.29 is 14.4 Å². The number of phenolic OH excluding ortho intramolecular Hbond substituents is 1. The number of benzene rings is 1. The summed E-state index contributed by atoms with van der Waals surface area (Å²) in [6.07, 6.45) is 0. The van der Waals surface area contributed by atoms with Crippen LogP contribution >= 0.6 is 0 Å². The van der Waals surface area contributed by atoms with Crippen LogP contribution in [0.3, 0.4) is 0 Å². The molecule has 0 fully saturated rings. The van der Waals surface area contributed by atoms with Gasteiger partial charge in [0.05, 0.1) is 0 Å². The molecule has 0 bridgehead atoms. The molecule has 0 aliphatic carbocycles. The smallest absolute Gasteiger partial charge is 0.134 e. The second-order valence-corrected chi connectivity index (χ2v) is 2.75. The predicted octanol–water partition coefficient (Wildman–Crippen LogP) is 1.53. The number of rotatable bonds is 2. The van der Waals surface area contributed by atoms with Gasteiger partial charge in [0.1, 0.15) is 23.7 Å². The minimum Gasteiger partial charge on any atom is -0.508 e. The van der Waals surface area contributed by atoms with Crippen LogP contribution in [-0.4, -0.2) is 5.11 Å². The largest absolute Gasteiger partial charge is 0.508 e. The molecule has 0 spiro atoms. The maximum Gasteiger partial charge on any atom is 0.134 e. The van der Waals surface area contributed by atoms with Gasteiger partial charge >= 0.3 is 0 Å². The van der Waals surface area contributed by atoms with Crippen molar-refractivity contribution in [3.8, 4) is 5.75 Å². The van der Waals surface area contributed by atoms with Crippen molar-refractivity contribution >= 4 is 11.0 Å². The molecule has 0 saturated heterocycles. The lowest BCUT2D eigenvalue weighted by atomic mass is 10.2. The Morgan fingerprint density at radius 2 is 2.23 bits per heavy atom. The first kappa shape index (κ1) is 8.10. The molecule has 3 N–H and O–H groups in total. The molecule has 1 aromatic heterocycles. The van der Waals surface area contributed by atoms with E-state index in [1.165, 1.54) is 0 Å². The number of hydrogen-bond acceptors (Lipinski definition) is 4. The third kappa shape index (κ3) is 1.49. The second-order valence-electron chi connectivity index (χ2n) is 2.75. The standard InChI is InChI=1S/C9H9NO3/c10-12-5-8-4-6-3-7(11)1-2-9(6)13-8/h1-4,11H,5,10H2. The molecule has 4 nitrogen and oxygen atoms in total. The number of nitrogens with two attached hydrogens (primary N) is 1. The first-order valence-electron chi connectivity index (χ1n) is 3.83. The van der Waals surface area contributed by atoms with Crippen molar-refractivity contribution in [1.29, 1.82) is 0 Å². The molecule has 0 aliphatic rings. The minimum absolute atomic E-state index is 0.216. The van der Waals surface area contributed by atoms with Gasteiger partial charge in [0, 0.05) is 5.39 Å². The molecule has 2 rings (SSSR count). The molecule has 2 aromatic rings. The number of hydrogen-bond donors (Lipinski definition) is 2. The van der Waals surface area contributed by atoms with Gasteiger partial charge in [0.25, 0.3) is 0 Å². The van der Waals surface area contributed by atoms with E-state index in [4.69, 9.17) is 10.3 Å². The third-order valence-electron chi connectivity index (χ3n) is 1.78. The maximum atomic E-state index is 9.17. The number of aromatic hydroxyl groups is 1. The van der Waals surface area contributed by atoms with Crippen LogP contribution in [0.5, 0.6) is 5.75 Å². The van der Waals surface area contributed by atoms with E-state index in [0.717, 1.165) is 5.39 Å². The van der Waals surface area contributed by atoms with Crippen molar-refractivity contribution in [3.63, 3.8) is 0 Å². The average molecular weight is 179 g/mol. The van der Waals surface area contributed by atoms with Crippen LogP contribution in [0, 0.1) is 0 Å². The highest BCUT2D eigenvalue weighted by atomic mass is 16.6. The van der Waals surface area contributed by atoms with Crippen LogP contribution in [0.4, 0.5) is 0 Å². The Hall–Kier alpha value is -1.52. The molecule has 4 heteroatoms. The lowest BCUT2D eigenvalue weighted by Crippen LogP contribution is -1.96. The summed E-state index contributed by atoms with van der Waals surface area (Å²) in [4.78, 5) is 4.43. The molecule has 0 aliphatic heterocycles. The summed E-state index contributed by atoms with van der Waals surface area (Å²) in [5.41, 5.74) is 0.713. The van der Waals surface area contributed by atoms with E-state index in [9.17, 15) is 5.11 Å². The third-order valence-corrected chi connectivity index (χ3v) is 1.78. The monoisotopic (exact) mass is 179 g/mol. The summed E-state index contributed by atoms with van der Waals surface area (Å²) < 4.78 is 5.35. The number of furan rings is 1. The van der Waals surface area contributed by atoms with Gasteiger partial charge in [-0.1, -0.05) is 0 Å². The van der Waals surface area contributed by atoms with E-state index in [0.29, 0.717) is 11.3 Å². The van der Waals surface area contributed by atoms with Crippen LogP contribution in [0.25, 0.3) is 11.0 Å². The van der Waals surface area contributed by atoms with Crippen molar-refractivity contribution in [3.05, 3.63) is 30.0 Å². The maximum absolute atomic E-state index is 9.17. The molecule has 0 atom stereocenters. The van der Waals surface area contributed by atoms with Crippen molar-refractivity contribution in [1.82, 2.24) is 0 Å². The highest BCUT2D eigenvalue weighted by Gasteiger charge is 2.03. The van der Waals surface area contributed by atoms with E-state index in [1.807, 2.05) is 0 Å². The summed E-state index contributed by atoms with van der Waals surface area (Å²) in [5.74, 6) is 5.76. The summed E-state index contributed by atoms with van der Waals surface area (Å²) in [7, 11) is 0. The Balaban J connectivity index is 2.49. The van der Waals surface area contributed by atoms with E-state index < -0.39 is 0 Å². The molecule has 0 saturated carbocycles. The first-order valence-corrected chi connectivity index (χ1v) is 3.83. The van der Waals surface area contributed by atoms with Gasteiger partial charge in [-0.15, -0.1) is 0 Å². The normalized spacial score (nSPS) is 10.8. The van der Waals surface area contributed by atoms with Gasteiger partial charge in [-0.3, -0.25) is 4.84 Å². The van der Waals surface area contributed by atoms with Crippen LogP contribution in [0.15, 0.2) is 28.7 Å². The highest BCUT2D eigenvalue weighted by Crippen LogP contribution is 2.23. The zero-order valence-electron chi connectivity index (χ0n) is 6.86. The summed E-state index contributed by atoms with van der Waals surface area (Å²) >= 11 is 0. The van der Waals surface area contributed by atoms with Crippen LogP contribution in [0.2, 0.25) is 0 Å². The summed E-state index contributed by atoms with van der Waals surface area (Å²) in [6, 6.07) is 6.67. The highest BCUT2D eigenvalue weighted by molar-refractivity contribution is 5.79. The van der Waals surface area contributed by atoms with Crippen LogP contribution in [0.1, 0.15) is 5.76 Å². The van der Waals surface area contributed by atoms with Gasteiger partial charge in [0.15, 0.2) is 0 Å². The topological polar surface area (TPSA) is 68.6 Å². The van der Waals surface area contributed by atoms with Crippen molar-refractivity contribution in [2.45, 2.75) is 6.61 Å². The van der Waals surface area contributed by atoms with Crippen LogP contribution < -0.4 is 5.90 Å². The molecule has 0 amide bonds. The zero-order valence-corrected chi connectivity index (χ0v) is 6.86. The van der Waals surface area contributed by atoms with E-state index in [-0.39, 0.29) is 12.4 Å². The molecule has 68 valence electrons. The van der Waals surface area contributed by atoms with Gasteiger partial charge in [-0.25, -0.2) is 5.90 Å². The van der Waals surface area contributed by atoms with Crippen LogP contribution in [-0.2, 0) is 11.4 Å². The van der Waals surface area contributed by atoms with Gasteiger partial charge in [-0.2, -0.15) is 0 Å². The molecule has 1 aromatic carbocycles. The molecule has 1 heterocycles. The Morgan fingerprint density at radius 3 is 3.00 bits per heavy atom. The molecular formula is C9H9NO3. The Bertz CT molecular complexity index is 422. The van der Waals surface area contributed by atoms with Gasteiger partial charge < -0.3 is 9.52 Å². The van der Waals surface area contributed by atoms with Gasteiger partial charge in [0.2, 0.25) is 0 Å². The summed E-state index contributed by atoms with van der Waals surface area (Å²) in [5, 5.41) is 10.0. The molecule has 0 radical (unpaired) electrons. The summed E-state index contributed by atoms with van der Waals surface area (Å²) in [6.45, 7) is 0.232. The fourth-order valence-electron chi connectivity index (χ4n) is 1.24. The average Bonchev–Trinajstić information content (AvgIpc) is 2.46. The lowest BCUT2D eigenvalue weighted by molar-refractivity contribution is 0.110. The first-order chi connectivity index (χ1) is 6.29. The molecular weight excluding hydrogens is 170 g/mol. The van der Waals surface area contributed by atoms with E-state index in [1.54, 1.807) is 24.3 Å². The van der Waals surface area contributed by atoms with E-state index >= 15 is 0 Å². The Morgan fingerprint density at radius 1 is 1.38 bits per heavy atom. The molecule has 13 heavy (non-hydrogen) atoms. The fourth-order valence-corrected chi connectivity index (χ4v) is 1.24. The fraction of sp³-hybridized carbons (Fsp3) is 0.111. The van der Waals surface area contributed by atoms with E-state index in [2.05, 4.69) is 4.84 Å². The van der Waals surface area contributed by atoms with Crippen molar-refractivity contribution in [2.75, 3.05) is 0 Å². The minimum atomic E-state index is 0.216. The SMILES string of the molecule is NOCc1cc2cc(O)ccc2o1. The Labute approximate surface area is 74.5 Å². The molecule has 0 unspecified atom stereocenters. The van der Waals surface area contributed by atoms with Gasteiger partial charge in [-0.05, 0) is 24.3 Å². The lowest BCUT2D eigenvalue weighted by Gasteiger charge is -1.90. The quantitative estimate of drug-likeness (QED) is 0.686. The second kappa shape index (κ2) is 3.08. The zero-order chi connectivity index (χ0) is 9.26. The number of fused-ring (bicyclic) bond motifs is 1.